The number of hydrogen-bond acceptors (Lipinski definition) is 5. The van der Waals surface area contributed by atoms with Gasteiger partial charge in [0.1, 0.15) is 28.9 Å². The minimum atomic E-state index is -0.320. The summed E-state index contributed by atoms with van der Waals surface area (Å²) < 4.78 is 18.4. The quantitative estimate of drug-likeness (QED) is 0.654. The summed E-state index contributed by atoms with van der Waals surface area (Å²) in [6, 6.07) is 15.1. The molecule has 0 saturated heterocycles. The highest BCUT2D eigenvalue weighted by Gasteiger charge is 2.11. The van der Waals surface area contributed by atoms with Crippen LogP contribution in [-0.4, -0.2) is 29.5 Å². The second-order valence-electron chi connectivity index (χ2n) is 6.14. The number of carbonyl (C=O) groups is 1. The predicted molar refractivity (Wildman–Crippen MR) is 105 cm³/mol. The van der Waals surface area contributed by atoms with Crippen LogP contribution in [0.15, 0.2) is 54.6 Å². The van der Waals surface area contributed by atoms with Gasteiger partial charge in [0.2, 0.25) is 0 Å². The third-order valence-electron chi connectivity index (χ3n) is 4.06. The molecule has 0 fully saturated rings. The van der Waals surface area contributed by atoms with Gasteiger partial charge in [-0.15, -0.1) is 0 Å². The van der Waals surface area contributed by atoms with Crippen LogP contribution in [0.5, 0.6) is 5.75 Å². The molecule has 1 aromatic heterocycles. The number of rotatable bonds is 7. The van der Waals surface area contributed by atoms with E-state index in [1.54, 1.807) is 32.2 Å². The molecule has 1 amide bonds. The van der Waals surface area contributed by atoms with Crippen molar-refractivity contribution >= 4 is 17.4 Å². The van der Waals surface area contributed by atoms with Gasteiger partial charge < -0.3 is 15.4 Å². The Labute approximate surface area is 162 Å². The summed E-state index contributed by atoms with van der Waals surface area (Å²) in [5.41, 5.74) is 1.95. The smallest absolute Gasteiger partial charge is 0.270 e. The molecule has 1 heterocycles. The van der Waals surface area contributed by atoms with Gasteiger partial charge in [-0.3, -0.25) is 4.79 Å². The van der Waals surface area contributed by atoms with Crippen molar-refractivity contribution in [3.63, 3.8) is 0 Å². The third-order valence-corrected chi connectivity index (χ3v) is 4.06. The molecule has 0 bridgehead atoms. The van der Waals surface area contributed by atoms with Crippen molar-refractivity contribution in [1.29, 1.82) is 0 Å². The molecular weight excluding hydrogens is 359 g/mol. The van der Waals surface area contributed by atoms with Crippen LogP contribution in [-0.2, 0) is 6.42 Å². The summed E-state index contributed by atoms with van der Waals surface area (Å²) in [5.74, 6) is 1.11. The molecule has 3 rings (SSSR count). The van der Waals surface area contributed by atoms with Crippen LogP contribution in [0.1, 0.15) is 21.9 Å². The van der Waals surface area contributed by atoms with E-state index in [1.165, 1.54) is 12.1 Å². The van der Waals surface area contributed by atoms with Crippen LogP contribution in [0.25, 0.3) is 0 Å². The summed E-state index contributed by atoms with van der Waals surface area (Å²) in [5, 5.41) is 5.91. The summed E-state index contributed by atoms with van der Waals surface area (Å²) >= 11 is 0. The van der Waals surface area contributed by atoms with Crippen molar-refractivity contribution in [2.75, 3.05) is 19.0 Å². The molecule has 144 valence electrons. The van der Waals surface area contributed by atoms with E-state index in [0.29, 0.717) is 30.3 Å². The Balaban J connectivity index is 1.64. The van der Waals surface area contributed by atoms with Gasteiger partial charge in [0.15, 0.2) is 0 Å². The number of carbonyl (C=O) groups excluding carboxylic acids is 1. The fourth-order valence-corrected chi connectivity index (χ4v) is 2.74. The summed E-state index contributed by atoms with van der Waals surface area (Å²) in [6.07, 6.45) is 0.639. The number of para-hydroxylation sites is 1. The zero-order valence-electron chi connectivity index (χ0n) is 15.7. The van der Waals surface area contributed by atoms with E-state index in [2.05, 4.69) is 20.6 Å². The van der Waals surface area contributed by atoms with E-state index in [4.69, 9.17) is 4.74 Å². The number of anilines is 2. The van der Waals surface area contributed by atoms with E-state index < -0.39 is 0 Å². The van der Waals surface area contributed by atoms with Gasteiger partial charge in [0.05, 0.1) is 7.11 Å². The topological polar surface area (TPSA) is 76.1 Å². The largest absolute Gasteiger partial charge is 0.496 e. The van der Waals surface area contributed by atoms with E-state index >= 15 is 0 Å². The first kappa shape index (κ1) is 19.3. The van der Waals surface area contributed by atoms with Crippen molar-refractivity contribution in [3.8, 4) is 5.75 Å². The van der Waals surface area contributed by atoms with Crippen molar-refractivity contribution in [3.05, 3.63) is 77.5 Å². The molecule has 3 aromatic rings. The summed E-state index contributed by atoms with van der Waals surface area (Å²) in [7, 11) is 1.62. The maximum absolute atomic E-state index is 13.0. The van der Waals surface area contributed by atoms with Gasteiger partial charge in [-0.2, -0.15) is 0 Å². The lowest BCUT2D eigenvalue weighted by Crippen LogP contribution is -2.27. The third kappa shape index (κ3) is 5.03. The summed E-state index contributed by atoms with van der Waals surface area (Å²) in [4.78, 5) is 21.0. The molecule has 2 N–H and O–H groups in total. The van der Waals surface area contributed by atoms with Crippen LogP contribution in [0.2, 0.25) is 0 Å². The van der Waals surface area contributed by atoms with Crippen LogP contribution in [0.4, 0.5) is 15.9 Å². The number of halogens is 1. The highest BCUT2D eigenvalue weighted by molar-refractivity contribution is 5.93. The van der Waals surface area contributed by atoms with Gasteiger partial charge in [-0.25, -0.2) is 14.4 Å². The molecule has 0 aliphatic carbocycles. The fraction of sp³-hybridized carbons (Fsp3) is 0.190. The lowest BCUT2D eigenvalue weighted by Gasteiger charge is -2.10. The van der Waals surface area contributed by atoms with Crippen molar-refractivity contribution < 1.29 is 13.9 Å². The number of aryl methyl sites for hydroxylation is 1. The fourth-order valence-electron chi connectivity index (χ4n) is 2.74. The average molecular weight is 380 g/mol. The average Bonchev–Trinajstić information content (AvgIpc) is 2.69. The highest BCUT2D eigenvalue weighted by Crippen LogP contribution is 2.18. The lowest BCUT2D eigenvalue weighted by atomic mass is 10.1. The number of nitrogens with zero attached hydrogens (tertiary/aromatic N) is 2. The summed E-state index contributed by atoms with van der Waals surface area (Å²) in [6.45, 7) is 2.16. The van der Waals surface area contributed by atoms with Crippen molar-refractivity contribution in [2.24, 2.45) is 0 Å². The van der Waals surface area contributed by atoms with Gasteiger partial charge in [0.25, 0.3) is 5.91 Å². The van der Waals surface area contributed by atoms with Crippen LogP contribution < -0.4 is 15.4 Å². The molecule has 0 aliphatic rings. The maximum atomic E-state index is 13.0. The number of benzene rings is 2. The number of amides is 1. The van der Waals surface area contributed by atoms with Gasteiger partial charge in [-0.05, 0) is 49.2 Å². The van der Waals surface area contributed by atoms with E-state index in [1.807, 2.05) is 24.3 Å². The Hall–Kier alpha value is -3.48. The van der Waals surface area contributed by atoms with Crippen LogP contribution in [0.3, 0.4) is 0 Å². The molecule has 0 saturated carbocycles. The number of nitrogens with one attached hydrogen (secondary N) is 2. The zero-order chi connectivity index (χ0) is 19.9. The molecule has 0 atom stereocenters. The molecule has 0 spiro atoms. The molecular formula is C21H21FN4O2. The second-order valence-corrected chi connectivity index (χ2v) is 6.14. The van der Waals surface area contributed by atoms with Crippen molar-refractivity contribution in [1.82, 2.24) is 15.3 Å². The number of aromatic nitrogens is 2. The SMILES string of the molecule is COc1ccccc1CCNC(=O)c1cc(Nc2ccc(F)cc2)nc(C)n1. The molecule has 6 nitrogen and oxygen atoms in total. The normalized spacial score (nSPS) is 10.4. The molecule has 2 aromatic carbocycles. The molecule has 0 aliphatic heterocycles. The molecule has 7 heteroatoms. The van der Waals surface area contributed by atoms with Crippen molar-refractivity contribution in [2.45, 2.75) is 13.3 Å². The standard InChI is InChI=1S/C21H21FN4O2/c1-14-24-18(13-20(25-14)26-17-9-7-16(22)8-10-17)21(27)23-12-11-15-5-3-4-6-19(15)28-2/h3-10,13H,11-12H2,1-2H3,(H,23,27)(H,24,25,26). The Kier molecular flexibility index (Phi) is 6.16. The first-order valence-corrected chi connectivity index (χ1v) is 8.83. The van der Waals surface area contributed by atoms with Gasteiger partial charge in [0, 0.05) is 18.3 Å². The second kappa shape index (κ2) is 8.94. The van der Waals surface area contributed by atoms with E-state index in [0.717, 1.165) is 11.3 Å². The van der Waals surface area contributed by atoms with Crippen LogP contribution >= 0.6 is 0 Å². The van der Waals surface area contributed by atoms with Gasteiger partial charge in [-0.1, -0.05) is 18.2 Å². The minimum absolute atomic E-state index is 0.261. The lowest BCUT2D eigenvalue weighted by molar-refractivity contribution is 0.0948. The van der Waals surface area contributed by atoms with E-state index in [9.17, 15) is 9.18 Å². The molecule has 28 heavy (non-hydrogen) atoms. The van der Waals surface area contributed by atoms with Crippen LogP contribution in [0, 0.1) is 12.7 Å². The minimum Gasteiger partial charge on any atom is -0.496 e. The predicted octanol–water partition coefficient (Wildman–Crippen LogP) is 3.65. The monoisotopic (exact) mass is 380 g/mol. The Morgan fingerprint density at radius 3 is 2.61 bits per heavy atom. The highest BCUT2D eigenvalue weighted by atomic mass is 19.1. The van der Waals surface area contributed by atoms with Gasteiger partial charge >= 0.3 is 0 Å². The first-order chi connectivity index (χ1) is 13.5. The Bertz CT molecular complexity index is 961. The number of hydrogen-bond donors (Lipinski definition) is 2. The number of ether oxygens (including phenoxy) is 1. The Morgan fingerprint density at radius 2 is 1.86 bits per heavy atom. The first-order valence-electron chi connectivity index (χ1n) is 8.83. The van der Waals surface area contributed by atoms with E-state index in [-0.39, 0.29) is 17.4 Å². The molecule has 0 unspecified atom stereocenters. The zero-order valence-corrected chi connectivity index (χ0v) is 15.7. The Morgan fingerprint density at radius 1 is 1.11 bits per heavy atom. The maximum Gasteiger partial charge on any atom is 0.270 e. The molecule has 0 radical (unpaired) electrons. The number of methoxy groups -OCH3 is 1.